The summed E-state index contributed by atoms with van der Waals surface area (Å²) in [6.45, 7) is 4.54. The van der Waals surface area contributed by atoms with Crippen molar-refractivity contribution in [3.63, 3.8) is 0 Å². The standard InChI is InChI=1S/C11H18O2/c1-3-4-5-9(2)11(12)13-8-10-6-7-10/h5,10H,3-4,6-8H2,1-2H3/b9-5+. The van der Waals surface area contributed by atoms with Crippen molar-refractivity contribution >= 4 is 5.97 Å². The van der Waals surface area contributed by atoms with E-state index < -0.39 is 0 Å². The molecule has 1 fully saturated rings. The van der Waals surface area contributed by atoms with Crippen molar-refractivity contribution in [2.75, 3.05) is 6.61 Å². The molecule has 1 aliphatic carbocycles. The SMILES string of the molecule is CCC/C=C(\C)C(=O)OCC1CC1. The zero-order chi connectivity index (χ0) is 9.68. The smallest absolute Gasteiger partial charge is 0.333 e. The van der Waals surface area contributed by atoms with E-state index in [0.29, 0.717) is 12.5 Å². The molecule has 74 valence electrons. The zero-order valence-corrected chi connectivity index (χ0v) is 8.51. The Hall–Kier alpha value is -0.790. The molecule has 2 nitrogen and oxygen atoms in total. The van der Waals surface area contributed by atoms with Gasteiger partial charge in [0.1, 0.15) is 0 Å². The van der Waals surface area contributed by atoms with E-state index in [0.717, 1.165) is 18.4 Å². The Bertz CT molecular complexity index is 202. The van der Waals surface area contributed by atoms with Crippen LogP contribution in [0.5, 0.6) is 0 Å². The maximum atomic E-state index is 11.3. The highest BCUT2D eigenvalue weighted by atomic mass is 16.5. The quantitative estimate of drug-likeness (QED) is 0.482. The van der Waals surface area contributed by atoms with Crippen LogP contribution in [0.3, 0.4) is 0 Å². The van der Waals surface area contributed by atoms with Gasteiger partial charge in [-0.2, -0.15) is 0 Å². The zero-order valence-electron chi connectivity index (χ0n) is 8.51. The Morgan fingerprint density at radius 3 is 2.77 bits per heavy atom. The van der Waals surface area contributed by atoms with Crippen LogP contribution in [0, 0.1) is 5.92 Å². The molecule has 0 bridgehead atoms. The number of hydrogen-bond donors (Lipinski definition) is 0. The Morgan fingerprint density at radius 1 is 1.54 bits per heavy atom. The van der Waals surface area contributed by atoms with E-state index >= 15 is 0 Å². The molecular weight excluding hydrogens is 164 g/mol. The fraction of sp³-hybridized carbons (Fsp3) is 0.727. The molecule has 0 aromatic heterocycles. The van der Waals surface area contributed by atoms with E-state index in [2.05, 4.69) is 6.92 Å². The van der Waals surface area contributed by atoms with Crippen molar-refractivity contribution in [1.82, 2.24) is 0 Å². The summed E-state index contributed by atoms with van der Waals surface area (Å²) in [6, 6.07) is 0. The molecule has 0 unspecified atom stereocenters. The largest absolute Gasteiger partial charge is 0.462 e. The van der Waals surface area contributed by atoms with Crippen LogP contribution in [0.1, 0.15) is 39.5 Å². The van der Waals surface area contributed by atoms with Gasteiger partial charge in [0.15, 0.2) is 0 Å². The lowest BCUT2D eigenvalue weighted by Gasteiger charge is -2.02. The Kier molecular flexibility index (Phi) is 4.00. The van der Waals surface area contributed by atoms with Crippen LogP contribution in [0.2, 0.25) is 0 Å². The second-order valence-electron chi connectivity index (χ2n) is 3.72. The van der Waals surface area contributed by atoms with Gasteiger partial charge in [0.2, 0.25) is 0 Å². The number of hydrogen-bond acceptors (Lipinski definition) is 2. The molecule has 13 heavy (non-hydrogen) atoms. The highest BCUT2D eigenvalue weighted by Crippen LogP contribution is 2.28. The molecule has 0 aromatic rings. The minimum absolute atomic E-state index is 0.139. The van der Waals surface area contributed by atoms with E-state index in [1.54, 1.807) is 0 Å². The molecule has 0 spiro atoms. The van der Waals surface area contributed by atoms with Crippen molar-refractivity contribution in [3.8, 4) is 0 Å². The van der Waals surface area contributed by atoms with E-state index in [1.165, 1.54) is 12.8 Å². The second kappa shape index (κ2) is 5.05. The van der Waals surface area contributed by atoms with Gasteiger partial charge in [0.25, 0.3) is 0 Å². The van der Waals surface area contributed by atoms with Crippen LogP contribution in [0.4, 0.5) is 0 Å². The highest BCUT2D eigenvalue weighted by molar-refractivity contribution is 5.87. The minimum Gasteiger partial charge on any atom is -0.462 e. The average Bonchev–Trinajstić information content (AvgIpc) is 2.93. The molecular formula is C11H18O2. The first-order valence-corrected chi connectivity index (χ1v) is 5.08. The number of esters is 1. The number of carbonyl (C=O) groups is 1. The third kappa shape index (κ3) is 4.11. The van der Waals surface area contributed by atoms with Crippen LogP contribution in [0.15, 0.2) is 11.6 Å². The van der Waals surface area contributed by atoms with E-state index in [9.17, 15) is 4.79 Å². The fourth-order valence-electron chi connectivity index (χ4n) is 1.04. The molecule has 0 amide bonds. The van der Waals surface area contributed by atoms with Gasteiger partial charge in [-0.1, -0.05) is 19.4 Å². The average molecular weight is 182 g/mol. The summed E-state index contributed by atoms with van der Waals surface area (Å²) in [4.78, 5) is 11.3. The lowest BCUT2D eigenvalue weighted by atomic mass is 10.2. The topological polar surface area (TPSA) is 26.3 Å². The summed E-state index contributed by atoms with van der Waals surface area (Å²) >= 11 is 0. The molecule has 0 radical (unpaired) electrons. The van der Waals surface area contributed by atoms with Crippen molar-refractivity contribution in [3.05, 3.63) is 11.6 Å². The predicted molar refractivity (Wildman–Crippen MR) is 52.3 cm³/mol. The molecule has 0 N–H and O–H groups in total. The molecule has 2 heteroatoms. The summed E-state index contributed by atoms with van der Waals surface area (Å²) in [5, 5.41) is 0. The Balaban J connectivity index is 2.19. The maximum Gasteiger partial charge on any atom is 0.333 e. The first-order chi connectivity index (χ1) is 6.24. The van der Waals surface area contributed by atoms with Crippen LogP contribution < -0.4 is 0 Å². The summed E-state index contributed by atoms with van der Waals surface area (Å²) < 4.78 is 5.12. The van der Waals surface area contributed by atoms with Gasteiger partial charge >= 0.3 is 5.97 Å². The first-order valence-electron chi connectivity index (χ1n) is 5.08. The lowest BCUT2D eigenvalue weighted by molar-refractivity contribution is -0.139. The number of rotatable bonds is 5. The monoisotopic (exact) mass is 182 g/mol. The van der Waals surface area contributed by atoms with Gasteiger partial charge in [-0.25, -0.2) is 4.79 Å². The molecule has 0 atom stereocenters. The van der Waals surface area contributed by atoms with E-state index in [1.807, 2.05) is 13.0 Å². The van der Waals surface area contributed by atoms with Crippen molar-refractivity contribution in [1.29, 1.82) is 0 Å². The third-order valence-corrected chi connectivity index (χ3v) is 2.21. The maximum absolute atomic E-state index is 11.3. The molecule has 0 saturated heterocycles. The van der Waals surface area contributed by atoms with Gasteiger partial charge in [-0.05, 0) is 32.1 Å². The normalized spacial score (nSPS) is 17.2. The van der Waals surface area contributed by atoms with Gasteiger partial charge < -0.3 is 4.74 Å². The fourth-order valence-corrected chi connectivity index (χ4v) is 1.04. The molecule has 0 heterocycles. The van der Waals surface area contributed by atoms with Gasteiger partial charge in [-0.15, -0.1) is 0 Å². The van der Waals surface area contributed by atoms with Crippen LogP contribution in [0.25, 0.3) is 0 Å². The van der Waals surface area contributed by atoms with Crippen molar-refractivity contribution < 1.29 is 9.53 Å². The number of unbranched alkanes of at least 4 members (excludes halogenated alkanes) is 1. The number of ether oxygens (including phenoxy) is 1. The predicted octanol–water partition coefficient (Wildman–Crippen LogP) is 2.69. The molecule has 0 aliphatic heterocycles. The number of carbonyl (C=O) groups excluding carboxylic acids is 1. The molecule has 0 aromatic carbocycles. The van der Waals surface area contributed by atoms with E-state index in [-0.39, 0.29) is 5.97 Å². The molecule has 1 rings (SSSR count). The van der Waals surface area contributed by atoms with E-state index in [4.69, 9.17) is 4.74 Å². The van der Waals surface area contributed by atoms with Crippen molar-refractivity contribution in [2.24, 2.45) is 5.92 Å². The van der Waals surface area contributed by atoms with Crippen LogP contribution in [-0.2, 0) is 9.53 Å². The molecule has 1 aliphatic rings. The first kappa shape index (κ1) is 10.3. The molecule has 1 saturated carbocycles. The third-order valence-electron chi connectivity index (χ3n) is 2.21. The summed E-state index contributed by atoms with van der Waals surface area (Å²) in [5.41, 5.74) is 0.752. The van der Waals surface area contributed by atoms with Gasteiger partial charge in [0, 0.05) is 5.57 Å². The second-order valence-corrected chi connectivity index (χ2v) is 3.72. The minimum atomic E-state index is -0.139. The van der Waals surface area contributed by atoms with Crippen molar-refractivity contribution in [2.45, 2.75) is 39.5 Å². The highest BCUT2D eigenvalue weighted by Gasteiger charge is 2.23. The lowest BCUT2D eigenvalue weighted by Crippen LogP contribution is -2.07. The Morgan fingerprint density at radius 2 is 2.23 bits per heavy atom. The van der Waals surface area contributed by atoms with Crippen LogP contribution in [-0.4, -0.2) is 12.6 Å². The Labute approximate surface area is 80.0 Å². The van der Waals surface area contributed by atoms with Gasteiger partial charge in [-0.3, -0.25) is 0 Å². The summed E-state index contributed by atoms with van der Waals surface area (Å²) in [7, 11) is 0. The summed E-state index contributed by atoms with van der Waals surface area (Å²) in [5.74, 6) is 0.517. The van der Waals surface area contributed by atoms with Crippen LogP contribution >= 0.6 is 0 Å². The van der Waals surface area contributed by atoms with Gasteiger partial charge in [0.05, 0.1) is 6.61 Å². The summed E-state index contributed by atoms with van der Waals surface area (Å²) in [6.07, 6.45) is 6.45. The number of allylic oxidation sites excluding steroid dienone is 1.